The predicted molar refractivity (Wildman–Crippen MR) is 110 cm³/mol. The first-order valence-corrected chi connectivity index (χ1v) is 10.9. The van der Waals surface area contributed by atoms with E-state index in [1.807, 2.05) is 25.3 Å². The lowest BCUT2D eigenvalue weighted by Gasteiger charge is -2.36. The van der Waals surface area contributed by atoms with E-state index in [0.29, 0.717) is 17.5 Å². The fraction of sp³-hybridized carbons (Fsp3) is 0.636. The molecule has 0 spiro atoms. The Bertz CT molecular complexity index is 854. The van der Waals surface area contributed by atoms with Crippen LogP contribution in [-0.4, -0.2) is 40.8 Å². The van der Waals surface area contributed by atoms with Crippen molar-refractivity contribution in [3.63, 3.8) is 0 Å². The molecule has 2 aromatic heterocycles. The summed E-state index contributed by atoms with van der Waals surface area (Å²) in [7, 11) is 0. The van der Waals surface area contributed by atoms with Crippen molar-refractivity contribution < 1.29 is 18.6 Å². The first kappa shape index (κ1) is 21.0. The van der Waals surface area contributed by atoms with E-state index in [9.17, 15) is 13.9 Å². The molecule has 4 nitrogen and oxygen atoms in total. The van der Waals surface area contributed by atoms with Crippen molar-refractivity contribution in [1.82, 2.24) is 9.72 Å². The van der Waals surface area contributed by atoms with Crippen molar-refractivity contribution in [2.75, 3.05) is 19.8 Å². The highest BCUT2D eigenvalue weighted by molar-refractivity contribution is 6.34. The molecule has 2 aromatic rings. The number of nitrogens with one attached hydrogen (secondary N) is 1. The van der Waals surface area contributed by atoms with Crippen LogP contribution < -0.4 is 5.32 Å². The van der Waals surface area contributed by atoms with Gasteiger partial charge in [0, 0.05) is 56.5 Å². The standard InChI is InChI=1S/C22H29ClF2N2O2/c1-15(26-14-21(28)6-8-22(24,25)9-7-21)17-13-19(16-4-11-29-12-5-16)27-10-2-3-18(23)20(17)27/h2-3,10,13,15-16,26,28H,4-9,11-12,14H2,1H3. The highest BCUT2D eigenvalue weighted by atomic mass is 35.5. The van der Waals surface area contributed by atoms with Crippen molar-refractivity contribution in [3.8, 4) is 0 Å². The van der Waals surface area contributed by atoms with Crippen LogP contribution in [0.4, 0.5) is 8.78 Å². The largest absolute Gasteiger partial charge is 0.389 e. The van der Waals surface area contributed by atoms with Crippen LogP contribution in [0.2, 0.25) is 5.02 Å². The molecule has 3 heterocycles. The van der Waals surface area contributed by atoms with Gasteiger partial charge in [0.25, 0.3) is 0 Å². The third-order valence-electron chi connectivity index (χ3n) is 6.56. The highest BCUT2D eigenvalue weighted by Crippen LogP contribution is 2.39. The van der Waals surface area contributed by atoms with Crippen LogP contribution >= 0.6 is 11.6 Å². The number of alkyl halides is 2. The molecule has 1 saturated carbocycles. The fourth-order valence-electron chi connectivity index (χ4n) is 4.62. The Balaban J connectivity index is 1.55. The first-order valence-electron chi connectivity index (χ1n) is 10.5. The number of hydrogen-bond acceptors (Lipinski definition) is 3. The number of rotatable bonds is 5. The zero-order chi connectivity index (χ0) is 20.6. The lowest BCUT2D eigenvalue weighted by atomic mass is 9.82. The maximum absolute atomic E-state index is 13.5. The van der Waals surface area contributed by atoms with E-state index in [2.05, 4.69) is 15.8 Å². The third-order valence-corrected chi connectivity index (χ3v) is 6.86. The van der Waals surface area contributed by atoms with Gasteiger partial charge in [0.1, 0.15) is 0 Å². The van der Waals surface area contributed by atoms with Crippen molar-refractivity contribution in [3.05, 3.63) is 40.7 Å². The van der Waals surface area contributed by atoms with E-state index in [-0.39, 0.29) is 31.7 Å². The zero-order valence-corrected chi connectivity index (χ0v) is 17.5. The summed E-state index contributed by atoms with van der Waals surface area (Å²) in [5, 5.41) is 14.8. The zero-order valence-electron chi connectivity index (χ0n) is 16.8. The molecule has 0 radical (unpaired) electrons. The average Bonchev–Trinajstić information content (AvgIpc) is 3.11. The summed E-state index contributed by atoms with van der Waals surface area (Å²) < 4.78 is 34.6. The molecule has 4 rings (SSSR count). The van der Waals surface area contributed by atoms with E-state index >= 15 is 0 Å². The normalized spacial score (nSPS) is 23.3. The van der Waals surface area contributed by atoms with E-state index in [4.69, 9.17) is 16.3 Å². The molecule has 1 aliphatic heterocycles. The second-order valence-corrected chi connectivity index (χ2v) is 9.08. The molecular weight excluding hydrogens is 398 g/mol. The van der Waals surface area contributed by atoms with E-state index in [0.717, 1.165) is 37.1 Å². The summed E-state index contributed by atoms with van der Waals surface area (Å²) >= 11 is 6.56. The molecule has 1 unspecified atom stereocenters. The Morgan fingerprint density at radius 2 is 1.97 bits per heavy atom. The van der Waals surface area contributed by atoms with Crippen LogP contribution in [0.3, 0.4) is 0 Å². The Morgan fingerprint density at radius 3 is 2.66 bits per heavy atom. The molecule has 0 amide bonds. The SMILES string of the molecule is CC(NCC1(O)CCC(F)(F)CC1)c1cc(C2CCOCC2)n2cccc(Cl)c12. The summed E-state index contributed by atoms with van der Waals surface area (Å²) in [5.74, 6) is -2.23. The Labute approximate surface area is 175 Å². The molecule has 7 heteroatoms. The van der Waals surface area contributed by atoms with Crippen LogP contribution in [-0.2, 0) is 4.74 Å². The molecule has 1 atom stereocenters. The minimum Gasteiger partial charge on any atom is -0.389 e. The van der Waals surface area contributed by atoms with Crippen molar-refractivity contribution in [2.24, 2.45) is 0 Å². The molecule has 2 fully saturated rings. The maximum Gasteiger partial charge on any atom is 0.248 e. The molecule has 0 bridgehead atoms. The van der Waals surface area contributed by atoms with Crippen LogP contribution in [0, 0.1) is 0 Å². The molecule has 29 heavy (non-hydrogen) atoms. The number of ether oxygens (including phenoxy) is 1. The topological polar surface area (TPSA) is 45.9 Å². The second kappa shape index (κ2) is 8.14. The molecular formula is C22H29ClF2N2O2. The van der Waals surface area contributed by atoms with Crippen LogP contribution in [0.15, 0.2) is 24.4 Å². The summed E-state index contributed by atoms with van der Waals surface area (Å²) in [6.45, 7) is 3.85. The van der Waals surface area contributed by atoms with E-state index < -0.39 is 11.5 Å². The van der Waals surface area contributed by atoms with Gasteiger partial charge in [0.05, 0.1) is 16.1 Å². The van der Waals surface area contributed by atoms with Crippen molar-refractivity contribution in [2.45, 2.75) is 68.9 Å². The Kier molecular flexibility index (Phi) is 5.90. The van der Waals surface area contributed by atoms with Crippen LogP contribution in [0.1, 0.15) is 68.7 Å². The lowest BCUT2D eigenvalue weighted by molar-refractivity contribution is -0.102. The summed E-state index contributed by atoms with van der Waals surface area (Å²) in [4.78, 5) is 0. The number of nitrogens with zero attached hydrogens (tertiary/aromatic N) is 1. The smallest absolute Gasteiger partial charge is 0.248 e. The number of hydrogen-bond donors (Lipinski definition) is 2. The predicted octanol–water partition coefficient (Wildman–Crippen LogP) is 5.08. The minimum atomic E-state index is -2.65. The Morgan fingerprint density at radius 1 is 1.28 bits per heavy atom. The number of aromatic nitrogens is 1. The van der Waals surface area contributed by atoms with E-state index in [1.165, 1.54) is 5.69 Å². The van der Waals surface area contributed by atoms with Gasteiger partial charge in [-0.2, -0.15) is 0 Å². The fourth-order valence-corrected chi connectivity index (χ4v) is 4.89. The number of aliphatic hydroxyl groups is 1. The van der Waals surface area contributed by atoms with Crippen molar-refractivity contribution in [1.29, 1.82) is 0 Å². The summed E-state index contributed by atoms with van der Waals surface area (Å²) in [6.07, 6.45) is 3.72. The molecule has 2 aliphatic rings. The maximum atomic E-state index is 13.5. The average molecular weight is 427 g/mol. The summed E-state index contributed by atoms with van der Waals surface area (Å²) in [5.41, 5.74) is 2.18. The van der Waals surface area contributed by atoms with Crippen LogP contribution in [0.5, 0.6) is 0 Å². The molecule has 1 saturated heterocycles. The highest BCUT2D eigenvalue weighted by Gasteiger charge is 2.42. The van der Waals surface area contributed by atoms with Gasteiger partial charge in [0.2, 0.25) is 5.92 Å². The van der Waals surface area contributed by atoms with Crippen molar-refractivity contribution >= 4 is 17.1 Å². The molecule has 1 aliphatic carbocycles. The van der Waals surface area contributed by atoms with Gasteiger partial charge in [-0.15, -0.1) is 0 Å². The second-order valence-electron chi connectivity index (χ2n) is 8.67. The van der Waals surface area contributed by atoms with Gasteiger partial charge in [0.15, 0.2) is 0 Å². The molecule has 160 valence electrons. The quantitative estimate of drug-likeness (QED) is 0.701. The number of halogens is 3. The van der Waals surface area contributed by atoms with Gasteiger partial charge in [-0.25, -0.2) is 8.78 Å². The van der Waals surface area contributed by atoms with Gasteiger partial charge >= 0.3 is 0 Å². The van der Waals surface area contributed by atoms with Crippen LogP contribution in [0.25, 0.3) is 5.52 Å². The third kappa shape index (κ3) is 4.46. The van der Waals surface area contributed by atoms with E-state index in [1.54, 1.807) is 0 Å². The minimum absolute atomic E-state index is 0.0649. The first-order chi connectivity index (χ1) is 13.8. The van der Waals surface area contributed by atoms with Gasteiger partial charge in [-0.1, -0.05) is 11.6 Å². The lowest BCUT2D eigenvalue weighted by Crippen LogP contribution is -2.46. The number of pyridine rings is 1. The monoisotopic (exact) mass is 426 g/mol. The Hall–Kier alpha value is -1.21. The van der Waals surface area contributed by atoms with Gasteiger partial charge < -0.3 is 19.6 Å². The van der Waals surface area contributed by atoms with Gasteiger partial charge in [-0.3, -0.25) is 0 Å². The number of fused-ring (bicyclic) bond motifs is 1. The summed E-state index contributed by atoms with van der Waals surface area (Å²) in [6, 6.07) is 5.97. The van der Waals surface area contributed by atoms with Gasteiger partial charge in [-0.05, 0) is 56.4 Å². The molecule has 2 N–H and O–H groups in total. The molecule has 0 aromatic carbocycles.